The number of nitrogens with one attached hydrogen (secondary N) is 3. The quantitative estimate of drug-likeness (QED) is 0.600. The van der Waals surface area contributed by atoms with Gasteiger partial charge in [-0.3, -0.25) is 4.79 Å². The second-order valence-electron chi connectivity index (χ2n) is 4.85. The van der Waals surface area contributed by atoms with Crippen LogP contribution in [0.4, 0.5) is 5.69 Å². The lowest BCUT2D eigenvalue weighted by molar-refractivity contribution is -0.122. The Morgan fingerprint density at radius 3 is 2.81 bits per heavy atom. The second-order valence-corrected chi connectivity index (χ2v) is 6.53. The number of rotatable bonds is 8. The molecule has 1 amide bonds. The molecule has 0 unspecified atom stereocenters. The summed E-state index contributed by atoms with van der Waals surface area (Å²) in [7, 11) is -3.69. The number of carbonyl (C=O) groups is 1. The molecule has 1 heterocycles. The van der Waals surface area contributed by atoms with E-state index in [2.05, 4.69) is 20.3 Å². The van der Waals surface area contributed by atoms with E-state index in [0.717, 1.165) is 12.8 Å². The summed E-state index contributed by atoms with van der Waals surface area (Å²) in [5.41, 5.74) is 0.467. The highest BCUT2D eigenvalue weighted by Crippen LogP contribution is 2.28. The minimum absolute atomic E-state index is 0.000345. The van der Waals surface area contributed by atoms with Crippen molar-refractivity contribution < 1.29 is 13.2 Å². The van der Waals surface area contributed by atoms with Crippen LogP contribution in [0.3, 0.4) is 0 Å². The Kier molecular flexibility index (Phi) is 5.13. The van der Waals surface area contributed by atoms with Gasteiger partial charge in [-0.1, -0.05) is 0 Å². The van der Waals surface area contributed by atoms with Gasteiger partial charge >= 0.3 is 0 Å². The summed E-state index contributed by atoms with van der Waals surface area (Å²) in [4.78, 5) is 15.3. The fourth-order valence-electron chi connectivity index (χ4n) is 1.86. The molecule has 0 aliphatic heterocycles. The van der Waals surface area contributed by atoms with Gasteiger partial charge in [-0.25, -0.2) is 18.1 Å². The SMILES string of the molecule is CCNc1cccnc1S(=O)(=O)NCCNC(=O)C1CC1. The first kappa shape index (κ1) is 15.7. The van der Waals surface area contributed by atoms with Crippen molar-refractivity contribution in [3.05, 3.63) is 18.3 Å². The maximum atomic E-state index is 12.2. The molecule has 0 radical (unpaired) electrons. The number of anilines is 1. The first-order valence-corrected chi connectivity index (χ1v) is 8.49. The predicted molar refractivity (Wildman–Crippen MR) is 79.3 cm³/mol. The molecule has 0 atom stereocenters. The van der Waals surface area contributed by atoms with Crippen LogP contribution in [-0.4, -0.2) is 38.9 Å². The Bertz CT molecular complexity index is 599. The summed E-state index contributed by atoms with van der Waals surface area (Å²) in [5.74, 6) is 0.123. The van der Waals surface area contributed by atoms with Gasteiger partial charge in [-0.2, -0.15) is 0 Å². The highest BCUT2D eigenvalue weighted by molar-refractivity contribution is 7.89. The zero-order chi connectivity index (χ0) is 15.3. The maximum Gasteiger partial charge on any atom is 0.260 e. The summed E-state index contributed by atoms with van der Waals surface area (Å²) in [6, 6.07) is 3.34. The van der Waals surface area contributed by atoms with Gasteiger partial charge in [0.2, 0.25) is 5.91 Å². The number of carbonyl (C=O) groups excluding carboxylic acids is 1. The molecule has 1 fully saturated rings. The molecule has 0 bridgehead atoms. The maximum absolute atomic E-state index is 12.2. The molecule has 1 aliphatic rings. The van der Waals surface area contributed by atoms with E-state index < -0.39 is 10.0 Å². The molecule has 1 saturated carbocycles. The third kappa shape index (κ3) is 4.40. The van der Waals surface area contributed by atoms with Crippen molar-refractivity contribution in [1.29, 1.82) is 0 Å². The first-order valence-electron chi connectivity index (χ1n) is 7.01. The van der Waals surface area contributed by atoms with Gasteiger partial charge in [-0.05, 0) is 31.9 Å². The normalized spacial score (nSPS) is 14.7. The third-order valence-electron chi connectivity index (χ3n) is 3.06. The Labute approximate surface area is 124 Å². The average Bonchev–Trinajstić information content (AvgIpc) is 3.29. The van der Waals surface area contributed by atoms with Crippen molar-refractivity contribution in [2.24, 2.45) is 5.92 Å². The van der Waals surface area contributed by atoms with Crippen LogP contribution in [0.15, 0.2) is 23.4 Å². The van der Waals surface area contributed by atoms with E-state index in [4.69, 9.17) is 0 Å². The van der Waals surface area contributed by atoms with Gasteiger partial charge in [0, 0.05) is 31.7 Å². The molecule has 0 aromatic carbocycles. The molecule has 0 spiro atoms. The van der Waals surface area contributed by atoms with Crippen molar-refractivity contribution in [2.75, 3.05) is 25.0 Å². The van der Waals surface area contributed by atoms with Crippen LogP contribution < -0.4 is 15.4 Å². The Balaban J connectivity index is 1.90. The van der Waals surface area contributed by atoms with Gasteiger partial charge in [0.15, 0.2) is 5.03 Å². The van der Waals surface area contributed by atoms with Crippen LogP contribution in [0, 0.1) is 5.92 Å². The van der Waals surface area contributed by atoms with Gasteiger partial charge in [0.05, 0.1) is 5.69 Å². The first-order chi connectivity index (χ1) is 10.0. The van der Waals surface area contributed by atoms with E-state index in [0.29, 0.717) is 12.2 Å². The number of hydrogen-bond donors (Lipinski definition) is 3. The van der Waals surface area contributed by atoms with Gasteiger partial charge in [-0.15, -0.1) is 0 Å². The average molecular weight is 312 g/mol. The summed E-state index contributed by atoms with van der Waals surface area (Å²) < 4.78 is 26.8. The second kappa shape index (κ2) is 6.86. The Hall–Kier alpha value is -1.67. The summed E-state index contributed by atoms with van der Waals surface area (Å²) in [6.45, 7) is 2.90. The van der Waals surface area contributed by atoms with Gasteiger partial charge in [0.25, 0.3) is 10.0 Å². The fourth-order valence-corrected chi connectivity index (χ4v) is 3.00. The number of nitrogens with zero attached hydrogens (tertiary/aromatic N) is 1. The number of pyridine rings is 1. The van der Waals surface area contributed by atoms with Crippen molar-refractivity contribution in [3.63, 3.8) is 0 Å². The van der Waals surface area contributed by atoms with Crippen molar-refractivity contribution in [2.45, 2.75) is 24.8 Å². The largest absolute Gasteiger partial charge is 0.383 e. The van der Waals surface area contributed by atoms with Crippen LogP contribution in [-0.2, 0) is 14.8 Å². The predicted octanol–water partition coefficient (Wildman–Crippen LogP) is 0.318. The zero-order valence-electron chi connectivity index (χ0n) is 11.9. The standard InChI is InChI=1S/C13H20N4O3S/c1-2-14-11-4-3-7-16-13(11)21(19,20)17-9-8-15-12(18)10-5-6-10/h3-4,7,10,14,17H,2,5-6,8-9H2,1H3,(H,15,18). The van der Waals surface area contributed by atoms with E-state index in [1.807, 2.05) is 6.92 Å². The molecule has 8 heteroatoms. The van der Waals surface area contributed by atoms with Crippen LogP contribution in [0.1, 0.15) is 19.8 Å². The van der Waals surface area contributed by atoms with E-state index >= 15 is 0 Å². The number of hydrogen-bond acceptors (Lipinski definition) is 5. The molecule has 1 aliphatic carbocycles. The van der Waals surface area contributed by atoms with Crippen LogP contribution in [0.25, 0.3) is 0 Å². The highest BCUT2D eigenvalue weighted by atomic mass is 32.2. The van der Waals surface area contributed by atoms with Gasteiger partial charge in [0.1, 0.15) is 0 Å². The lowest BCUT2D eigenvalue weighted by atomic mass is 10.4. The molecule has 3 N–H and O–H groups in total. The van der Waals surface area contributed by atoms with Crippen molar-refractivity contribution >= 4 is 21.6 Å². The van der Waals surface area contributed by atoms with Crippen LogP contribution in [0.5, 0.6) is 0 Å². The minimum Gasteiger partial charge on any atom is -0.383 e. The van der Waals surface area contributed by atoms with Crippen molar-refractivity contribution in [3.8, 4) is 0 Å². The van der Waals surface area contributed by atoms with Crippen LogP contribution >= 0.6 is 0 Å². The molecular formula is C13H20N4O3S. The van der Waals surface area contributed by atoms with Crippen LogP contribution in [0.2, 0.25) is 0 Å². The minimum atomic E-state index is -3.69. The lowest BCUT2D eigenvalue weighted by Crippen LogP contribution is -2.35. The molecule has 0 saturated heterocycles. The summed E-state index contributed by atoms with van der Waals surface area (Å²) >= 11 is 0. The molecule has 1 aromatic rings. The number of aromatic nitrogens is 1. The highest BCUT2D eigenvalue weighted by Gasteiger charge is 2.29. The van der Waals surface area contributed by atoms with E-state index in [-0.39, 0.29) is 29.9 Å². The fraction of sp³-hybridized carbons (Fsp3) is 0.538. The molecular weight excluding hydrogens is 292 g/mol. The van der Waals surface area contributed by atoms with E-state index in [1.165, 1.54) is 6.20 Å². The Morgan fingerprint density at radius 1 is 1.38 bits per heavy atom. The summed E-state index contributed by atoms with van der Waals surface area (Å²) in [6.07, 6.45) is 3.29. The molecule has 7 nitrogen and oxygen atoms in total. The lowest BCUT2D eigenvalue weighted by Gasteiger charge is -2.11. The Morgan fingerprint density at radius 2 is 2.14 bits per heavy atom. The topological polar surface area (TPSA) is 100 Å². The molecule has 1 aromatic heterocycles. The number of sulfonamides is 1. The van der Waals surface area contributed by atoms with E-state index in [9.17, 15) is 13.2 Å². The molecule has 116 valence electrons. The van der Waals surface area contributed by atoms with Crippen molar-refractivity contribution in [1.82, 2.24) is 15.0 Å². The van der Waals surface area contributed by atoms with E-state index in [1.54, 1.807) is 12.1 Å². The molecule has 21 heavy (non-hydrogen) atoms. The van der Waals surface area contributed by atoms with Gasteiger partial charge < -0.3 is 10.6 Å². The molecule has 2 rings (SSSR count). The summed E-state index contributed by atoms with van der Waals surface area (Å²) in [5, 5.41) is 5.64. The zero-order valence-corrected chi connectivity index (χ0v) is 12.7. The monoisotopic (exact) mass is 312 g/mol. The number of amides is 1. The smallest absolute Gasteiger partial charge is 0.260 e. The third-order valence-corrected chi connectivity index (χ3v) is 4.48.